The van der Waals surface area contributed by atoms with Crippen LogP contribution < -0.4 is 14.8 Å². The zero-order valence-electron chi connectivity index (χ0n) is 15.8. The molecule has 6 heteroatoms. The van der Waals surface area contributed by atoms with Crippen LogP contribution >= 0.6 is 11.3 Å². The van der Waals surface area contributed by atoms with Crippen LogP contribution in [0.1, 0.15) is 19.4 Å². The maximum Gasteiger partial charge on any atom is 0.250 e. The number of carbonyl (C=O) groups excluding carboxylic acids is 1. The molecule has 0 atom stereocenters. The van der Waals surface area contributed by atoms with Crippen molar-refractivity contribution in [1.82, 2.24) is 4.98 Å². The predicted octanol–water partition coefficient (Wildman–Crippen LogP) is 5.26. The van der Waals surface area contributed by atoms with E-state index in [0.717, 1.165) is 28.3 Å². The van der Waals surface area contributed by atoms with E-state index in [1.807, 2.05) is 67.8 Å². The van der Waals surface area contributed by atoms with Crippen LogP contribution in [0.3, 0.4) is 0 Å². The normalized spacial score (nSPS) is 10.8. The molecule has 5 nitrogen and oxygen atoms in total. The number of hydrogen-bond donors (Lipinski definition) is 1. The number of rotatable bonds is 8. The van der Waals surface area contributed by atoms with E-state index in [1.165, 1.54) is 17.4 Å². The molecule has 0 bridgehead atoms. The predicted molar refractivity (Wildman–Crippen MR) is 114 cm³/mol. The number of nitrogens with zero attached hydrogens (tertiary/aromatic N) is 1. The molecule has 0 aliphatic heterocycles. The molecule has 0 aliphatic rings. The van der Waals surface area contributed by atoms with Crippen LogP contribution in [-0.4, -0.2) is 24.1 Å². The summed E-state index contributed by atoms with van der Waals surface area (Å²) in [7, 11) is 0. The summed E-state index contributed by atoms with van der Waals surface area (Å²) in [5.41, 5.74) is 2.61. The Morgan fingerprint density at radius 1 is 1.07 bits per heavy atom. The van der Waals surface area contributed by atoms with Gasteiger partial charge < -0.3 is 9.47 Å². The molecule has 1 heterocycles. The lowest BCUT2D eigenvalue weighted by Crippen LogP contribution is -2.07. The highest BCUT2D eigenvalue weighted by Gasteiger charge is 2.10. The van der Waals surface area contributed by atoms with E-state index in [1.54, 1.807) is 6.08 Å². The molecule has 0 spiro atoms. The van der Waals surface area contributed by atoms with Gasteiger partial charge in [-0.1, -0.05) is 24.3 Å². The molecule has 0 saturated heterocycles. The lowest BCUT2D eigenvalue weighted by atomic mass is 10.1. The van der Waals surface area contributed by atoms with Crippen molar-refractivity contribution in [3.05, 3.63) is 65.6 Å². The highest BCUT2D eigenvalue weighted by Crippen LogP contribution is 2.32. The molecule has 1 amide bonds. The van der Waals surface area contributed by atoms with Gasteiger partial charge in [-0.3, -0.25) is 10.1 Å². The minimum atomic E-state index is -0.229. The fourth-order valence-corrected chi connectivity index (χ4v) is 3.29. The van der Waals surface area contributed by atoms with E-state index in [0.29, 0.717) is 18.3 Å². The highest BCUT2D eigenvalue weighted by atomic mass is 32.1. The quantitative estimate of drug-likeness (QED) is 0.530. The summed E-state index contributed by atoms with van der Waals surface area (Å²) in [5, 5.41) is 5.25. The molecular formula is C22H22N2O3S. The summed E-state index contributed by atoms with van der Waals surface area (Å²) in [4.78, 5) is 16.7. The Bertz CT molecular complexity index is 948. The number of hydrogen-bond acceptors (Lipinski definition) is 5. The summed E-state index contributed by atoms with van der Waals surface area (Å²) >= 11 is 1.38. The fraction of sp³-hybridized carbons (Fsp3) is 0.182. The summed E-state index contributed by atoms with van der Waals surface area (Å²) in [6.07, 6.45) is 3.24. The van der Waals surface area contributed by atoms with Crippen LogP contribution in [0.5, 0.6) is 11.5 Å². The number of thiazole rings is 1. The summed E-state index contributed by atoms with van der Waals surface area (Å²) in [6, 6.07) is 15.3. The zero-order chi connectivity index (χ0) is 19.8. The van der Waals surface area contributed by atoms with Gasteiger partial charge in [-0.05, 0) is 49.8 Å². The van der Waals surface area contributed by atoms with Gasteiger partial charge in [0.25, 0.3) is 0 Å². The lowest BCUT2D eigenvalue weighted by Gasteiger charge is -2.07. The Hall–Kier alpha value is -3.12. The second-order valence-corrected chi connectivity index (χ2v) is 6.65. The monoisotopic (exact) mass is 394 g/mol. The Morgan fingerprint density at radius 2 is 1.82 bits per heavy atom. The van der Waals surface area contributed by atoms with Crippen molar-refractivity contribution in [3.63, 3.8) is 0 Å². The Kier molecular flexibility index (Phi) is 6.81. The van der Waals surface area contributed by atoms with Crippen molar-refractivity contribution in [2.75, 3.05) is 18.5 Å². The maximum atomic E-state index is 12.2. The van der Waals surface area contributed by atoms with E-state index < -0.39 is 0 Å². The second-order valence-electron chi connectivity index (χ2n) is 5.79. The van der Waals surface area contributed by atoms with E-state index in [-0.39, 0.29) is 5.91 Å². The Labute approximate surface area is 168 Å². The number of ether oxygens (including phenoxy) is 2. The third-order valence-corrected chi connectivity index (χ3v) is 4.57. The molecule has 0 saturated carbocycles. The van der Waals surface area contributed by atoms with Crippen LogP contribution in [0, 0.1) is 0 Å². The first-order valence-electron chi connectivity index (χ1n) is 9.09. The van der Waals surface area contributed by atoms with Gasteiger partial charge in [-0.2, -0.15) is 0 Å². The van der Waals surface area contributed by atoms with Crippen molar-refractivity contribution in [1.29, 1.82) is 0 Å². The van der Waals surface area contributed by atoms with Gasteiger partial charge in [0.15, 0.2) is 5.13 Å². The van der Waals surface area contributed by atoms with Crippen LogP contribution in [0.25, 0.3) is 17.3 Å². The highest BCUT2D eigenvalue weighted by molar-refractivity contribution is 7.14. The molecule has 0 unspecified atom stereocenters. The molecular weight excluding hydrogens is 372 g/mol. The summed E-state index contributed by atoms with van der Waals surface area (Å²) in [5.74, 6) is 1.36. The Balaban J connectivity index is 1.64. The number of anilines is 1. The van der Waals surface area contributed by atoms with Crippen LogP contribution in [-0.2, 0) is 4.79 Å². The molecule has 3 rings (SSSR count). The van der Waals surface area contributed by atoms with Crippen molar-refractivity contribution in [2.45, 2.75) is 13.8 Å². The number of para-hydroxylation sites is 1. The van der Waals surface area contributed by atoms with Gasteiger partial charge in [0.05, 0.1) is 18.9 Å². The van der Waals surface area contributed by atoms with Gasteiger partial charge >= 0.3 is 0 Å². The van der Waals surface area contributed by atoms with Gasteiger partial charge in [0, 0.05) is 17.0 Å². The SMILES string of the molecule is CCOc1ccc(C=CC(=O)Nc2nc(-c3ccccc3OCC)cs2)cc1. The van der Waals surface area contributed by atoms with Crippen molar-refractivity contribution in [3.8, 4) is 22.8 Å². The van der Waals surface area contributed by atoms with Crippen molar-refractivity contribution in [2.24, 2.45) is 0 Å². The molecule has 3 aromatic rings. The zero-order valence-corrected chi connectivity index (χ0v) is 16.7. The number of benzene rings is 2. The third-order valence-electron chi connectivity index (χ3n) is 3.82. The van der Waals surface area contributed by atoms with Gasteiger partial charge in [0.1, 0.15) is 11.5 Å². The molecule has 0 radical (unpaired) electrons. The minimum Gasteiger partial charge on any atom is -0.494 e. The topological polar surface area (TPSA) is 60.5 Å². The largest absolute Gasteiger partial charge is 0.494 e. The summed E-state index contributed by atoms with van der Waals surface area (Å²) < 4.78 is 11.1. The maximum absolute atomic E-state index is 12.2. The molecule has 28 heavy (non-hydrogen) atoms. The molecule has 0 fully saturated rings. The van der Waals surface area contributed by atoms with E-state index >= 15 is 0 Å². The lowest BCUT2D eigenvalue weighted by molar-refractivity contribution is -0.111. The first kappa shape index (κ1) is 19.6. The molecule has 0 aliphatic carbocycles. The fourth-order valence-electron chi connectivity index (χ4n) is 2.58. The van der Waals surface area contributed by atoms with Crippen LogP contribution in [0.4, 0.5) is 5.13 Å². The number of amides is 1. The smallest absolute Gasteiger partial charge is 0.250 e. The average molecular weight is 394 g/mol. The van der Waals surface area contributed by atoms with Crippen LogP contribution in [0.15, 0.2) is 60.0 Å². The van der Waals surface area contributed by atoms with Gasteiger partial charge in [-0.15, -0.1) is 11.3 Å². The number of nitrogens with one attached hydrogen (secondary N) is 1. The number of aromatic nitrogens is 1. The standard InChI is InChI=1S/C22H22N2O3S/c1-3-26-17-12-9-16(10-13-17)11-14-21(25)24-22-23-19(15-28-22)18-7-5-6-8-20(18)27-4-2/h5-15H,3-4H2,1-2H3,(H,23,24,25). The van der Waals surface area contributed by atoms with Crippen molar-refractivity contribution >= 4 is 28.5 Å². The Morgan fingerprint density at radius 3 is 2.57 bits per heavy atom. The van der Waals surface area contributed by atoms with E-state index in [9.17, 15) is 4.79 Å². The van der Waals surface area contributed by atoms with Crippen molar-refractivity contribution < 1.29 is 14.3 Å². The number of carbonyl (C=O) groups is 1. The summed E-state index contributed by atoms with van der Waals surface area (Å²) in [6.45, 7) is 5.10. The molecule has 2 aromatic carbocycles. The van der Waals surface area contributed by atoms with Crippen LogP contribution in [0.2, 0.25) is 0 Å². The first-order chi connectivity index (χ1) is 13.7. The molecule has 1 N–H and O–H groups in total. The minimum absolute atomic E-state index is 0.229. The second kappa shape index (κ2) is 9.71. The van der Waals surface area contributed by atoms with Gasteiger partial charge in [-0.25, -0.2) is 4.98 Å². The van der Waals surface area contributed by atoms with Gasteiger partial charge in [0.2, 0.25) is 5.91 Å². The first-order valence-corrected chi connectivity index (χ1v) is 9.97. The third kappa shape index (κ3) is 5.20. The molecule has 1 aromatic heterocycles. The molecule has 144 valence electrons. The van der Waals surface area contributed by atoms with E-state index in [2.05, 4.69) is 10.3 Å². The van der Waals surface area contributed by atoms with E-state index in [4.69, 9.17) is 9.47 Å². The average Bonchev–Trinajstić information content (AvgIpc) is 3.16.